The van der Waals surface area contributed by atoms with Crippen LogP contribution in [0.5, 0.6) is 0 Å². The lowest BCUT2D eigenvalue weighted by atomic mass is 9.99. The van der Waals surface area contributed by atoms with E-state index < -0.39 is 6.09 Å². The van der Waals surface area contributed by atoms with Gasteiger partial charge in [-0.1, -0.05) is 20.8 Å². The molecule has 0 aliphatic carbocycles. The number of hydrogen-bond acceptors (Lipinski definition) is 2. The van der Waals surface area contributed by atoms with Crippen LogP contribution in [0.15, 0.2) is 0 Å². The summed E-state index contributed by atoms with van der Waals surface area (Å²) in [4.78, 5) is 14.5. The molecule has 4 heteroatoms. The summed E-state index contributed by atoms with van der Waals surface area (Å²) in [6.07, 6.45) is -1.16. The lowest BCUT2D eigenvalue weighted by Gasteiger charge is -2.16. The second-order valence-corrected chi connectivity index (χ2v) is 3.26. The number of amides is 1. The zero-order chi connectivity index (χ0) is 8.20. The Morgan fingerprint density at radius 3 is 2.40 bits per heavy atom. The van der Waals surface area contributed by atoms with Crippen molar-refractivity contribution in [3.8, 4) is 0 Å². The molecule has 0 aliphatic heterocycles. The number of carboxylic acid groups (broad SMARTS) is 1. The van der Waals surface area contributed by atoms with Gasteiger partial charge in [0.05, 0.1) is 6.61 Å². The second kappa shape index (κ2) is 3.41. The van der Waals surface area contributed by atoms with Crippen LogP contribution in [0.25, 0.3) is 0 Å². The van der Waals surface area contributed by atoms with Crippen LogP contribution in [-0.2, 0) is 4.84 Å². The fourth-order valence-corrected chi connectivity index (χ4v) is 0.314. The maximum atomic E-state index is 9.85. The van der Waals surface area contributed by atoms with E-state index in [0.29, 0.717) is 6.61 Å². The highest BCUT2D eigenvalue weighted by Gasteiger charge is 2.10. The highest BCUT2D eigenvalue weighted by Crippen LogP contribution is 2.11. The molecule has 0 bridgehead atoms. The third-order valence-corrected chi connectivity index (χ3v) is 0.665. The lowest BCUT2D eigenvalue weighted by molar-refractivity contribution is 0.00398. The summed E-state index contributed by atoms with van der Waals surface area (Å²) in [5.74, 6) is 0. The number of hydroxylamine groups is 1. The van der Waals surface area contributed by atoms with Crippen molar-refractivity contribution < 1.29 is 14.7 Å². The van der Waals surface area contributed by atoms with Gasteiger partial charge in [0.25, 0.3) is 0 Å². The summed E-state index contributed by atoms with van der Waals surface area (Å²) in [5, 5.41) is 8.07. The van der Waals surface area contributed by atoms with E-state index in [9.17, 15) is 4.79 Å². The smallest absolute Gasteiger partial charge is 0.428 e. The molecule has 0 saturated carbocycles. The van der Waals surface area contributed by atoms with Crippen molar-refractivity contribution in [3.63, 3.8) is 0 Å². The molecule has 2 N–H and O–H groups in total. The molecule has 0 radical (unpaired) electrons. The fraction of sp³-hybridized carbons (Fsp3) is 0.833. The van der Waals surface area contributed by atoms with Crippen LogP contribution in [0.3, 0.4) is 0 Å². The molecule has 0 atom stereocenters. The molecule has 0 heterocycles. The zero-order valence-electron chi connectivity index (χ0n) is 6.47. The Morgan fingerprint density at radius 1 is 1.60 bits per heavy atom. The van der Waals surface area contributed by atoms with Gasteiger partial charge in [0, 0.05) is 0 Å². The van der Waals surface area contributed by atoms with Crippen molar-refractivity contribution in [1.82, 2.24) is 5.48 Å². The molecule has 4 nitrogen and oxygen atoms in total. The summed E-state index contributed by atoms with van der Waals surface area (Å²) in [5.41, 5.74) is 1.81. The van der Waals surface area contributed by atoms with Crippen LogP contribution in [0.2, 0.25) is 0 Å². The van der Waals surface area contributed by atoms with Gasteiger partial charge in [-0.3, -0.25) is 4.84 Å². The van der Waals surface area contributed by atoms with Gasteiger partial charge < -0.3 is 5.11 Å². The SMILES string of the molecule is CC(C)(C)CONC(=O)O. The van der Waals surface area contributed by atoms with E-state index in [1.807, 2.05) is 26.3 Å². The Balaban J connectivity index is 3.29. The minimum Gasteiger partial charge on any atom is -0.464 e. The van der Waals surface area contributed by atoms with Crippen molar-refractivity contribution >= 4 is 6.09 Å². The first-order valence-corrected chi connectivity index (χ1v) is 3.02. The van der Waals surface area contributed by atoms with E-state index in [2.05, 4.69) is 4.84 Å². The summed E-state index contributed by atoms with van der Waals surface area (Å²) in [6, 6.07) is 0. The highest BCUT2D eigenvalue weighted by atomic mass is 16.7. The molecular formula is C6H13NO3. The number of hydrogen-bond donors (Lipinski definition) is 2. The molecule has 0 rings (SSSR count). The van der Waals surface area contributed by atoms with E-state index in [-0.39, 0.29) is 5.41 Å². The van der Waals surface area contributed by atoms with Crippen LogP contribution in [0.4, 0.5) is 4.79 Å². The highest BCUT2D eigenvalue weighted by molar-refractivity contribution is 5.62. The van der Waals surface area contributed by atoms with E-state index in [0.717, 1.165) is 0 Å². The predicted molar refractivity (Wildman–Crippen MR) is 36.6 cm³/mol. The van der Waals surface area contributed by atoms with Gasteiger partial charge >= 0.3 is 6.09 Å². The Hall–Kier alpha value is -0.770. The van der Waals surface area contributed by atoms with Gasteiger partial charge in [-0.05, 0) is 5.41 Å². The molecule has 0 aromatic heterocycles. The quantitative estimate of drug-likeness (QED) is 0.577. The summed E-state index contributed by atoms with van der Waals surface area (Å²) < 4.78 is 0. The third-order valence-electron chi connectivity index (χ3n) is 0.665. The van der Waals surface area contributed by atoms with E-state index >= 15 is 0 Å². The van der Waals surface area contributed by atoms with Gasteiger partial charge in [0.2, 0.25) is 0 Å². The van der Waals surface area contributed by atoms with E-state index in [1.165, 1.54) is 0 Å². The first kappa shape index (κ1) is 9.23. The Bertz CT molecular complexity index is 117. The Morgan fingerprint density at radius 2 is 2.10 bits per heavy atom. The van der Waals surface area contributed by atoms with E-state index in [1.54, 1.807) is 0 Å². The molecule has 10 heavy (non-hydrogen) atoms. The molecule has 0 fully saturated rings. The zero-order valence-corrected chi connectivity index (χ0v) is 6.47. The summed E-state index contributed by atoms with van der Waals surface area (Å²) >= 11 is 0. The maximum absolute atomic E-state index is 9.85. The average Bonchev–Trinajstić information content (AvgIpc) is 1.59. The Kier molecular flexibility index (Phi) is 3.15. The van der Waals surface area contributed by atoms with Crippen LogP contribution in [-0.4, -0.2) is 17.8 Å². The molecule has 0 aromatic rings. The molecule has 0 aliphatic rings. The normalized spacial score (nSPS) is 11.1. The van der Waals surface area contributed by atoms with Crippen molar-refractivity contribution in [2.75, 3.05) is 6.61 Å². The second-order valence-electron chi connectivity index (χ2n) is 3.26. The Labute approximate surface area is 60.1 Å². The number of rotatable bonds is 2. The maximum Gasteiger partial charge on any atom is 0.428 e. The van der Waals surface area contributed by atoms with Crippen LogP contribution in [0, 0.1) is 5.41 Å². The lowest BCUT2D eigenvalue weighted by Crippen LogP contribution is -2.26. The van der Waals surface area contributed by atoms with Crippen LogP contribution < -0.4 is 5.48 Å². The van der Waals surface area contributed by atoms with E-state index in [4.69, 9.17) is 5.11 Å². The van der Waals surface area contributed by atoms with Crippen molar-refractivity contribution in [2.45, 2.75) is 20.8 Å². The number of nitrogens with one attached hydrogen (secondary N) is 1. The number of carbonyl (C=O) groups is 1. The minimum atomic E-state index is -1.16. The van der Waals surface area contributed by atoms with Crippen LogP contribution >= 0.6 is 0 Å². The van der Waals surface area contributed by atoms with Gasteiger partial charge in [0.15, 0.2) is 0 Å². The topological polar surface area (TPSA) is 58.6 Å². The molecule has 60 valence electrons. The molecule has 1 amide bonds. The molecule has 0 unspecified atom stereocenters. The summed E-state index contributed by atoms with van der Waals surface area (Å²) in [7, 11) is 0. The van der Waals surface area contributed by atoms with Gasteiger partial charge in [-0.2, -0.15) is 5.48 Å². The molecule has 0 aromatic carbocycles. The summed E-state index contributed by atoms with van der Waals surface area (Å²) in [6.45, 7) is 6.24. The van der Waals surface area contributed by atoms with Gasteiger partial charge in [-0.15, -0.1) is 0 Å². The van der Waals surface area contributed by atoms with Crippen molar-refractivity contribution in [2.24, 2.45) is 5.41 Å². The molecule has 0 spiro atoms. The standard InChI is InChI=1S/C6H13NO3/c1-6(2,3)4-10-7-5(8)9/h7H,4H2,1-3H3,(H,8,9). The predicted octanol–water partition coefficient (Wildman–Crippen LogP) is 1.23. The third kappa shape index (κ3) is 7.23. The van der Waals surface area contributed by atoms with Gasteiger partial charge in [0.1, 0.15) is 0 Å². The van der Waals surface area contributed by atoms with Crippen LogP contribution in [0.1, 0.15) is 20.8 Å². The molecule has 0 saturated heterocycles. The monoisotopic (exact) mass is 147 g/mol. The minimum absolute atomic E-state index is 0.0115. The van der Waals surface area contributed by atoms with Gasteiger partial charge in [-0.25, -0.2) is 4.79 Å². The average molecular weight is 147 g/mol. The van der Waals surface area contributed by atoms with Crippen molar-refractivity contribution in [3.05, 3.63) is 0 Å². The first-order valence-electron chi connectivity index (χ1n) is 3.02. The molecular weight excluding hydrogens is 134 g/mol. The fourth-order valence-electron chi connectivity index (χ4n) is 0.314. The largest absolute Gasteiger partial charge is 0.464 e. The van der Waals surface area contributed by atoms with Crippen molar-refractivity contribution in [1.29, 1.82) is 0 Å². The first-order chi connectivity index (χ1) is 4.42.